The van der Waals surface area contributed by atoms with Crippen LogP contribution in [0.5, 0.6) is 17.2 Å². The van der Waals surface area contributed by atoms with E-state index in [1.807, 2.05) is 12.1 Å². The van der Waals surface area contributed by atoms with Gasteiger partial charge < -0.3 is 20.4 Å². The smallest absolute Gasteiger partial charge is 0.173 e. The van der Waals surface area contributed by atoms with E-state index in [4.69, 9.17) is 20.4 Å². The van der Waals surface area contributed by atoms with E-state index in [-0.39, 0.29) is 5.84 Å². The molecule has 2 rings (SSSR count). The second-order valence-electron chi connectivity index (χ2n) is 4.28. The molecular weight excluding hydrogens is 270 g/mol. The number of pyridine rings is 1. The van der Waals surface area contributed by atoms with Crippen LogP contribution in [0.25, 0.3) is 0 Å². The van der Waals surface area contributed by atoms with Crippen molar-refractivity contribution < 1.29 is 14.7 Å². The van der Waals surface area contributed by atoms with Gasteiger partial charge in [0.25, 0.3) is 0 Å². The highest BCUT2D eigenvalue weighted by Crippen LogP contribution is 2.26. The number of ether oxygens (including phenoxy) is 2. The SMILES string of the molecule is CCCOc1ccc(Oc2cnccc2/C(N)=N/O)cc1. The highest BCUT2D eigenvalue weighted by atomic mass is 16.5. The Morgan fingerprint density at radius 2 is 1.95 bits per heavy atom. The van der Waals surface area contributed by atoms with E-state index in [0.717, 1.165) is 12.2 Å². The molecular formula is C15H17N3O3. The summed E-state index contributed by atoms with van der Waals surface area (Å²) in [5.74, 6) is 1.77. The van der Waals surface area contributed by atoms with Crippen molar-refractivity contribution in [3.8, 4) is 17.2 Å². The van der Waals surface area contributed by atoms with Crippen LogP contribution in [0.4, 0.5) is 0 Å². The molecule has 21 heavy (non-hydrogen) atoms. The maximum absolute atomic E-state index is 8.77. The molecule has 0 aliphatic heterocycles. The number of rotatable bonds is 6. The molecule has 110 valence electrons. The Balaban J connectivity index is 2.15. The number of nitrogens with two attached hydrogens (primary N) is 1. The fourth-order valence-corrected chi connectivity index (χ4v) is 1.68. The molecule has 1 heterocycles. The highest BCUT2D eigenvalue weighted by Gasteiger charge is 2.09. The fourth-order valence-electron chi connectivity index (χ4n) is 1.68. The van der Waals surface area contributed by atoms with E-state index in [1.54, 1.807) is 24.4 Å². The fraction of sp³-hybridized carbons (Fsp3) is 0.200. The molecule has 0 unspecified atom stereocenters. The summed E-state index contributed by atoms with van der Waals surface area (Å²) in [4.78, 5) is 3.97. The first-order valence-electron chi connectivity index (χ1n) is 6.57. The lowest BCUT2D eigenvalue weighted by molar-refractivity contribution is 0.317. The minimum Gasteiger partial charge on any atom is -0.494 e. The Morgan fingerprint density at radius 1 is 1.24 bits per heavy atom. The van der Waals surface area contributed by atoms with Gasteiger partial charge in [-0.1, -0.05) is 12.1 Å². The Hall–Kier alpha value is -2.76. The van der Waals surface area contributed by atoms with Crippen LogP contribution < -0.4 is 15.2 Å². The standard InChI is InChI=1S/C15H17N3O3/c1-2-9-20-11-3-5-12(6-4-11)21-14-10-17-8-7-13(14)15(16)18-19/h3-8,10,19H,2,9H2,1H3,(H2,16,18). The number of aromatic nitrogens is 1. The Morgan fingerprint density at radius 3 is 2.62 bits per heavy atom. The summed E-state index contributed by atoms with van der Waals surface area (Å²) >= 11 is 0. The number of hydrogen-bond donors (Lipinski definition) is 2. The van der Waals surface area contributed by atoms with Crippen LogP contribution in [-0.4, -0.2) is 22.6 Å². The van der Waals surface area contributed by atoms with Gasteiger partial charge in [-0.3, -0.25) is 4.98 Å². The zero-order valence-corrected chi connectivity index (χ0v) is 11.7. The van der Waals surface area contributed by atoms with Crippen LogP contribution in [0.2, 0.25) is 0 Å². The van der Waals surface area contributed by atoms with E-state index in [0.29, 0.717) is 23.7 Å². The van der Waals surface area contributed by atoms with Crippen LogP contribution in [0.15, 0.2) is 47.9 Å². The van der Waals surface area contributed by atoms with Crippen LogP contribution >= 0.6 is 0 Å². The van der Waals surface area contributed by atoms with E-state index < -0.39 is 0 Å². The van der Waals surface area contributed by atoms with Gasteiger partial charge in [-0.15, -0.1) is 0 Å². The molecule has 3 N–H and O–H groups in total. The lowest BCUT2D eigenvalue weighted by atomic mass is 10.2. The predicted molar refractivity (Wildman–Crippen MR) is 79.0 cm³/mol. The van der Waals surface area contributed by atoms with Crippen molar-refractivity contribution in [2.75, 3.05) is 6.61 Å². The molecule has 6 nitrogen and oxygen atoms in total. The van der Waals surface area contributed by atoms with Crippen LogP contribution in [-0.2, 0) is 0 Å². The van der Waals surface area contributed by atoms with Gasteiger partial charge in [0.1, 0.15) is 11.5 Å². The molecule has 1 aromatic carbocycles. The maximum atomic E-state index is 8.77. The number of amidine groups is 1. The van der Waals surface area contributed by atoms with Crippen LogP contribution in [0.1, 0.15) is 18.9 Å². The van der Waals surface area contributed by atoms with Gasteiger partial charge in [-0.25, -0.2) is 0 Å². The van der Waals surface area contributed by atoms with E-state index in [2.05, 4.69) is 17.1 Å². The van der Waals surface area contributed by atoms with Gasteiger partial charge >= 0.3 is 0 Å². The van der Waals surface area contributed by atoms with Crippen molar-refractivity contribution in [3.63, 3.8) is 0 Å². The molecule has 2 aromatic rings. The van der Waals surface area contributed by atoms with Gasteiger partial charge in [-0.05, 0) is 36.8 Å². The highest BCUT2D eigenvalue weighted by molar-refractivity contribution is 5.99. The molecule has 0 bridgehead atoms. The molecule has 6 heteroatoms. The van der Waals surface area contributed by atoms with Gasteiger partial charge in [0.05, 0.1) is 18.4 Å². The topological polar surface area (TPSA) is 90.0 Å². The third kappa shape index (κ3) is 3.85. The monoisotopic (exact) mass is 287 g/mol. The Bertz CT molecular complexity index is 612. The number of oxime groups is 1. The van der Waals surface area contributed by atoms with Crippen molar-refractivity contribution in [2.24, 2.45) is 10.9 Å². The van der Waals surface area contributed by atoms with Crippen molar-refractivity contribution in [1.82, 2.24) is 4.98 Å². The first-order valence-corrected chi connectivity index (χ1v) is 6.57. The minimum atomic E-state index is -0.0321. The second-order valence-corrected chi connectivity index (χ2v) is 4.28. The third-order valence-corrected chi connectivity index (χ3v) is 2.69. The summed E-state index contributed by atoms with van der Waals surface area (Å²) in [5, 5.41) is 11.7. The number of benzene rings is 1. The van der Waals surface area contributed by atoms with Gasteiger partial charge in [0.15, 0.2) is 11.6 Å². The number of hydrogen-bond acceptors (Lipinski definition) is 5. The quantitative estimate of drug-likeness (QED) is 0.369. The zero-order chi connectivity index (χ0) is 15.1. The summed E-state index contributed by atoms with van der Waals surface area (Å²) in [6, 6.07) is 8.83. The average molecular weight is 287 g/mol. The Labute approximate surface area is 122 Å². The van der Waals surface area contributed by atoms with Gasteiger partial charge in [0, 0.05) is 6.20 Å². The first kappa shape index (κ1) is 14.6. The summed E-state index contributed by atoms with van der Waals surface area (Å²) in [5.41, 5.74) is 6.07. The molecule has 0 amide bonds. The molecule has 0 aliphatic rings. The van der Waals surface area contributed by atoms with E-state index in [9.17, 15) is 0 Å². The molecule has 0 atom stereocenters. The van der Waals surface area contributed by atoms with Crippen LogP contribution in [0.3, 0.4) is 0 Å². The predicted octanol–water partition coefficient (Wildman–Crippen LogP) is 2.76. The van der Waals surface area contributed by atoms with Crippen molar-refractivity contribution in [3.05, 3.63) is 48.3 Å². The molecule has 0 radical (unpaired) electrons. The van der Waals surface area contributed by atoms with Crippen molar-refractivity contribution in [1.29, 1.82) is 0 Å². The molecule has 1 aromatic heterocycles. The van der Waals surface area contributed by atoms with E-state index in [1.165, 1.54) is 6.20 Å². The Kier molecular flexibility index (Phi) is 4.98. The normalized spacial score (nSPS) is 11.2. The second kappa shape index (κ2) is 7.14. The number of nitrogens with zero attached hydrogens (tertiary/aromatic N) is 2. The van der Waals surface area contributed by atoms with Crippen LogP contribution in [0, 0.1) is 0 Å². The molecule has 0 saturated heterocycles. The zero-order valence-electron chi connectivity index (χ0n) is 11.7. The lowest BCUT2D eigenvalue weighted by Crippen LogP contribution is -2.14. The molecule has 0 spiro atoms. The third-order valence-electron chi connectivity index (χ3n) is 2.69. The van der Waals surface area contributed by atoms with Gasteiger partial charge in [0.2, 0.25) is 0 Å². The summed E-state index contributed by atoms with van der Waals surface area (Å²) in [6.45, 7) is 2.73. The molecule has 0 aliphatic carbocycles. The van der Waals surface area contributed by atoms with E-state index >= 15 is 0 Å². The maximum Gasteiger partial charge on any atom is 0.173 e. The lowest BCUT2D eigenvalue weighted by Gasteiger charge is -2.10. The summed E-state index contributed by atoms with van der Waals surface area (Å²) in [6.07, 6.45) is 4.01. The van der Waals surface area contributed by atoms with Crippen molar-refractivity contribution >= 4 is 5.84 Å². The molecule has 0 saturated carbocycles. The van der Waals surface area contributed by atoms with Gasteiger partial charge in [-0.2, -0.15) is 0 Å². The minimum absolute atomic E-state index is 0.0321. The summed E-state index contributed by atoms with van der Waals surface area (Å²) < 4.78 is 11.2. The largest absolute Gasteiger partial charge is 0.494 e. The van der Waals surface area contributed by atoms with Crippen molar-refractivity contribution in [2.45, 2.75) is 13.3 Å². The summed E-state index contributed by atoms with van der Waals surface area (Å²) in [7, 11) is 0. The first-order chi connectivity index (χ1) is 10.2. The molecule has 0 fully saturated rings. The average Bonchev–Trinajstić information content (AvgIpc) is 2.54.